The fraction of sp³-hybridized carbons (Fsp3) is 0.923. The molecule has 1 heteroatoms. The standard InChI is InChI=1S/C13H27N/c1-11(2)7-5-8-12(3)9-6-10-13(4)14/h11-12,14H,5-10H2,1-4H3. The van der Waals surface area contributed by atoms with Gasteiger partial charge in [-0.15, -0.1) is 0 Å². The van der Waals surface area contributed by atoms with Gasteiger partial charge in [0.05, 0.1) is 0 Å². The molecule has 0 spiro atoms. The summed E-state index contributed by atoms with van der Waals surface area (Å²) >= 11 is 0. The number of hydrogen-bond acceptors (Lipinski definition) is 1. The largest absolute Gasteiger partial charge is 0.310 e. The zero-order valence-electron chi connectivity index (χ0n) is 10.4. The van der Waals surface area contributed by atoms with Crippen LogP contribution >= 0.6 is 0 Å². The van der Waals surface area contributed by atoms with Crippen molar-refractivity contribution in [2.24, 2.45) is 11.8 Å². The van der Waals surface area contributed by atoms with Crippen molar-refractivity contribution in [3.8, 4) is 0 Å². The second kappa shape index (κ2) is 8.02. The van der Waals surface area contributed by atoms with Gasteiger partial charge < -0.3 is 5.41 Å². The highest BCUT2D eigenvalue weighted by Gasteiger charge is 2.03. The van der Waals surface area contributed by atoms with Gasteiger partial charge in [0, 0.05) is 5.71 Å². The SMILES string of the molecule is CC(=N)CCCC(C)CCCC(C)C. The lowest BCUT2D eigenvalue weighted by atomic mass is 9.95. The van der Waals surface area contributed by atoms with Crippen molar-refractivity contribution in [3.63, 3.8) is 0 Å². The lowest BCUT2D eigenvalue weighted by Gasteiger charge is -2.11. The Morgan fingerprint density at radius 2 is 1.57 bits per heavy atom. The summed E-state index contributed by atoms with van der Waals surface area (Å²) in [6.07, 6.45) is 7.62. The first-order valence-corrected chi connectivity index (χ1v) is 6.06. The molecule has 1 N–H and O–H groups in total. The maximum absolute atomic E-state index is 7.33. The molecule has 0 rings (SSSR count). The lowest BCUT2D eigenvalue weighted by Crippen LogP contribution is -1.98. The van der Waals surface area contributed by atoms with Gasteiger partial charge in [0.2, 0.25) is 0 Å². The molecule has 0 fully saturated rings. The Morgan fingerprint density at radius 1 is 1.00 bits per heavy atom. The second-order valence-electron chi connectivity index (χ2n) is 5.10. The average molecular weight is 197 g/mol. The van der Waals surface area contributed by atoms with Crippen molar-refractivity contribution in [1.82, 2.24) is 0 Å². The molecule has 0 aliphatic heterocycles. The van der Waals surface area contributed by atoms with E-state index in [2.05, 4.69) is 20.8 Å². The number of rotatable bonds is 8. The molecule has 1 atom stereocenters. The highest BCUT2D eigenvalue weighted by atomic mass is 14.4. The first-order chi connectivity index (χ1) is 6.52. The third-order valence-corrected chi connectivity index (χ3v) is 2.73. The topological polar surface area (TPSA) is 23.9 Å². The van der Waals surface area contributed by atoms with Crippen LogP contribution in [0.4, 0.5) is 0 Å². The van der Waals surface area contributed by atoms with Gasteiger partial charge in [0.25, 0.3) is 0 Å². The third-order valence-electron chi connectivity index (χ3n) is 2.73. The summed E-state index contributed by atoms with van der Waals surface area (Å²) in [6.45, 7) is 8.84. The normalized spacial score (nSPS) is 13.2. The zero-order chi connectivity index (χ0) is 11.0. The summed E-state index contributed by atoms with van der Waals surface area (Å²) < 4.78 is 0. The van der Waals surface area contributed by atoms with E-state index < -0.39 is 0 Å². The molecule has 0 saturated carbocycles. The van der Waals surface area contributed by atoms with Crippen LogP contribution in [0.1, 0.15) is 66.2 Å². The minimum absolute atomic E-state index is 0.833. The molecule has 0 saturated heterocycles. The van der Waals surface area contributed by atoms with Gasteiger partial charge in [-0.25, -0.2) is 0 Å². The summed E-state index contributed by atoms with van der Waals surface area (Å²) in [5.74, 6) is 1.71. The van der Waals surface area contributed by atoms with Crippen LogP contribution in [-0.2, 0) is 0 Å². The average Bonchev–Trinajstić information content (AvgIpc) is 2.02. The molecule has 0 heterocycles. The van der Waals surface area contributed by atoms with Gasteiger partial charge in [0.15, 0.2) is 0 Å². The second-order valence-corrected chi connectivity index (χ2v) is 5.10. The Kier molecular flexibility index (Phi) is 7.83. The molecule has 14 heavy (non-hydrogen) atoms. The minimum atomic E-state index is 0.833. The van der Waals surface area contributed by atoms with Crippen molar-refractivity contribution in [3.05, 3.63) is 0 Å². The Bertz CT molecular complexity index is 149. The molecule has 0 aromatic carbocycles. The van der Waals surface area contributed by atoms with Crippen molar-refractivity contribution in [2.45, 2.75) is 66.2 Å². The first kappa shape index (κ1) is 13.7. The predicted molar refractivity (Wildman–Crippen MR) is 65.1 cm³/mol. The van der Waals surface area contributed by atoms with E-state index in [0.717, 1.165) is 24.0 Å². The summed E-state index contributed by atoms with van der Waals surface area (Å²) in [5.41, 5.74) is 0.833. The quantitative estimate of drug-likeness (QED) is 0.547. The molecule has 0 radical (unpaired) electrons. The van der Waals surface area contributed by atoms with Gasteiger partial charge in [-0.1, -0.05) is 46.5 Å². The van der Waals surface area contributed by atoms with E-state index in [0.29, 0.717) is 0 Å². The number of nitrogens with one attached hydrogen (secondary N) is 1. The predicted octanol–water partition coefficient (Wildman–Crippen LogP) is 4.66. The van der Waals surface area contributed by atoms with Crippen LogP contribution < -0.4 is 0 Å². The van der Waals surface area contributed by atoms with Crippen molar-refractivity contribution < 1.29 is 0 Å². The van der Waals surface area contributed by atoms with Crippen molar-refractivity contribution in [1.29, 1.82) is 5.41 Å². The lowest BCUT2D eigenvalue weighted by molar-refractivity contribution is 0.430. The molecular formula is C13H27N. The van der Waals surface area contributed by atoms with E-state index >= 15 is 0 Å². The van der Waals surface area contributed by atoms with E-state index in [9.17, 15) is 0 Å². The smallest absolute Gasteiger partial charge is 0.00582 e. The van der Waals surface area contributed by atoms with Crippen molar-refractivity contribution in [2.75, 3.05) is 0 Å². The van der Waals surface area contributed by atoms with Gasteiger partial charge in [-0.05, 0) is 31.6 Å². The van der Waals surface area contributed by atoms with E-state index in [1.165, 1.54) is 32.1 Å². The zero-order valence-corrected chi connectivity index (χ0v) is 10.4. The molecule has 0 aromatic heterocycles. The maximum atomic E-state index is 7.33. The molecule has 0 amide bonds. The highest BCUT2D eigenvalue weighted by molar-refractivity contribution is 5.78. The highest BCUT2D eigenvalue weighted by Crippen LogP contribution is 2.17. The molecule has 0 aliphatic rings. The van der Waals surface area contributed by atoms with Crippen LogP contribution in [0.25, 0.3) is 0 Å². The van der Waals surface area contributed by atoms with E-state index in [1.807, 2.05) is 6.92 Å². The summed E-state index contributed by atoms with van der Waals surface area (Å²) in [6, 6.07) is 0. The van der Waals surface area contributed by atoms with E-state index in [-0.39, 0.29) is 0 Å². The van der Waals surface area contributed by atoms with Gasteiger partial charge in [0.1, 0.15) is 0 Å². The van der Waals surface area contributed by atoms with Gasteiger partial charge >= 0.3 is 0 Å². The van der Waals surface area contributed by atoms with Gasteiger partial charge in [-0.3, -0.25) is 0 Å². The Morgan fingerprint density at radius 3 is 2.07 bits per heavy atom. The van der Waals surface area contributed by atoms with Crippen LogP contribution in [0.2, 0.25) is 0 Å². The molecule has 0 bridgehead atoms. The van der Waals surface area contributed by atoms with Gasteiger partial charge in [-0.2, -0.15) is 0 Å². The molecule has 84 valence electrons. The fourth-order valence-electron chi connectivity index (χ4n) is 1.73. The maximum Gasteiger partial charge on any atom is 0.00582 e. The van der Waals surface area contributed by atoms with E-state index in [4.69, 9.17) is 5.41 Å². The molecule has 1 nitrogen and oxygen atoms in total. The fourth-order valence-corrected chi connectivity index (χ4v) is 1.73. The molecule has 0 aliphatic carbocycles. The summed E-state index contributed by atoms with van der Waals surface area (Å²) in [7, 11) is 0. The van der Waals surface area contributed by atoms with Crippen LogP contribution in [-0.4, -0.2) is 5.71 Å². The summed E-state index contributed by atoms with van der Waals surface area (Å²) in [5, 5.41) is 7.33. The monoisotopic (exact) mass is 197 g/mol. The molecule has 1 unspecified atom stereocenters. The summed E-state index contributed by atoms with van der Waals surface area (Å²) in [4.78, 5) is 0. The Balaban J connectivity index is 3.27. The van der Waals surface area contributed by atoms with Crippen LogP contribution in [0.3, 0.4) is 0 Å². The van der Waals surface area contributed by atoms with Crippen LogP contribution in [0.5, 0.6) is 0 Å². The Hall–Kier alpha value is -0.330. The molecular weight excluding hydrogens is 170 g/mol. The van der Waals surface area contributed by atoms with E-state index in [1.54, 1.807) is 0 Å². The molecule has 0 aromatic rings. The van der Waals surface area contributed by atoms with Crippen molar-refractivity contribution >= 4 is 5.71 Å². The van der Waals surface area contributed by atoms with Crippen LogP contribution in [0, 0.1) is 17.2 Å². The van der Waals surface area contributed by atoms with Crippen LogP contribution in [0.15, 0.2) is 0 Å². The third kappa shape index (κ3) is 9.76. The minimum Gasteiger partial charge on any atom is -0.310 e. The first-order valence-electron chi connectivity index (χ1n) is 6.06. The number of hydrogen-bond donors (Lipinski definition) is 1. The Labute approximate surface area is 89.8 Å².